The normalized spacial score (nSPS) is 12.0. The van der Waals surface area contributed by atoms with Gasteiger partial charge in [0.05, 0.1) is 16.9 Å². The van der Waals surface area contributed by atoms with Crippen LogP contribution in [0, 0.1) is 6.92 Å². The molecule has 37 heavy (non-hydrogen) atoms. The summed E-state index contributed by atoms with van der Waals surface area (Å²) < 4.78 is 18.1. The monoisotopic (exact) mass is 497 g/mol. The van der Waals surface area contributed by atoms with E-state index in [1.807, 2.05) is 69.3 Å². The number of fused-ring (bicyclic) bond motifs is 1. The Kier molecular flexibility index (Phi) is 6.40. The number of carbonyl (C=O) groups excluding carboxylic acids is 2. The minimum Gasteiger partial charge on any atom is -0.454 e. The molecule has 0 radical (unpaired) electrons. The molecule has 5 rings (SSSR count). The summed E-state index contributed by atoms with van der Waals surface area (Å²) in [6.45, 7) is 7.62. The summed E-state index contributed by atoms with van der Waals surface area (Å²) in [6, 6.07) is 20.3. The molecular formula is C29H27N3O5. The number of carbonyl (C=O) groups is 2. The molecule has 0 unspecified atom stereocenters. The quantitative estimate of drug-likeness (QED) is 0.335. The fourth-order valence-corrected chi connectivity index (χ4v) is 4.22. The van der Waals surface area contributed by atoms with Crippen LogP contribution < -0.4 is 19.5 Å². The van der Waals surface area contributed by atoms with Gasteiger partial charge in [-0.1, -0.05) is 38.1 Å². The van der Waals surface area contributed by atoms with Crippen molar-refractivity contribution in [3.63, 3.8) is 0 Å². The van der Waals surface area contributed by atoms with Crippen molar-refractivity contribution in [1.82, 2.24) is 9.78 Å². The average molecular weight is 498 g/mol. The summed E-state index contributed by atoms with van der Waals surface area (Å²) in [4.78, 5) is 24.9. The first-order chi connectivity index (χ1) is 17.8. The van der Waals surface area contributed by atoms with Gasteiger partial charge in [0, 0.05) is 18.2 Å². The maximum absolute atomic E-state index is 12.8. The van der Waals surface area contributed by atoms with Crippen LogP contribution in [0.3, 0.4) is 0 Å². The fourth-order valence-electron chi connectivity index (χ4n) is 4.22. The summed E-state index contributed by atoms with van der Waals surface area (Å²) in [5, 5.41) is 7.75. The van der Waals surface area contributed by atoms with Crippen LogP contribution in [-0.4, -0.2) is 28.4 Å². The Hall–Kier alpha value is -4.59. The Labute approximate surface area is 214 Å². The number of benzene rings is 3. The molecule has 0 aliphatic carbocycles. The van der Waals surface area contributed by atoms with Gasteiger partial charge in [0.25, 0.3) is 5.91 Å². The van der Waals surface area contributed by atoms with Gasteiger partial charge in [-0.25, -0.2) is 0 Å². The highest BCUT2D eigenvalue weighted by Crippen LogP contribution is 2.39. The van der Waals surface area contributed by atoms with E-state index >= 15 is 0 Å². The van der Waals surface area contributed by atoms with Crippen LogP contribution in [0.2, 0.25) is 0 Å². The van der Waals surface area contributed by atoms with Crippen LogP contribution in [0.25, 0.3) is 16.8 Å². The van der Waals surface area contributed by atoms with Gasteiger partial charge >= 0.3 is 5.97 Å². The number of aromatic nitrogens is 2. The fraction of sp³-hybridized carbons (Fsp3) is 0.207. The topological polar surface area (TPSA) is 91.7 Å². The molecular weight excluding hydrogens is 470 g/mol. The van der Waals surface area contributed by atoms with Crippen molar-refractivity contribution < 1.29 is 23.8 Å². The molecule has 1 aliphatic rings. The first kappa shape index (κ1) is 24.1. The third-order valence-electron chi connectivity index (χ3n) is 5.97. The van der Waals surface area contributed by atoms with Crippen molar-refractivity contribution in [2.75, 3.05) is 12.1 Å². The standard InChI is InChI=1S/C29H27N3O5/c1-17(2)27-26(29(37-19(4)33)32(31-27)23-7-5-6-18(3)14-23)20-8-11-22(12-9-20)30-28(34)21-10-13-24-25(15-21)36-16-35-24/h5-15,17H,16H2,1-4H3,(H,30,34). The molecule has 0 atom stereocenters. The minimum absolute atomic E-state index is 0.0701. The molecule has 8 nitrogen and oxygen atoms in total. The molecule has 188 valence electrons. The Morgan fingerprint density at radius 2 is 1.76 bits per heavy atom. The van der Waals surface area contributed by atoms with Crippen molar-refractivity contribution >= 4 is 17.6 Å². The minimum atomic E-state index is -0.432. The highest BCUT2D eigenvalue weighted by atomic mass is 16.7. The second-order valence-corrected chi connectivity index (χ2v) is 9.16. The van der Waals surface area contributed by atoms with Gasteiger partial charge in [-0.2, -0.15) is 9.78 Å². The van der Waals surface area contributed by atoms with Crippen LogP contribution in [0.15, 0.2) is 66.7 Å². The van der Waals surface area contributed by atoms with Crippen molar-refractivity contribution in [2.24, 2.45) is 0 Å². The van der Waals surface area contributed by atoms with Crippen molar-refractivity contribution in [1.29, 1.82) is 0 Å². The van der Waals surface area contributed by atoms with Gasteiger partial charge in [-0.15, -0.1) is 0 Å². The lowest BCUT2D eigenvalue weighted by Crippen LogP contribution is -2.11. The van der Waals surface area contributed by atoms with Crippen molar-refractivity contribution in [2.45, 2.75) is 33.6 Å². The number of anilines is 1. The molecule has 4 aromatic rings. The van der Waals surface area contributed by atoms with Gasteiger partial charge in [0.1, 0.15) is 0 Å². The van der Waals surface area contributed by atoms with Crippen molar-refractivity contribution in [3.8, 4) is 34.2 Å². The summed E-state index contributed by atoms with van der Waals surface area (Å²) in [7, 11) is 0. The smallest absolute Gasteiger partial charge is 0.309 e. The second-order valence-electron chi connectivity index (χ2n) is 9.16. The molecule has 1 aliphatic heterocycles. The number of nitrogens with one attached hydrogen (secondary N) is 1. The lowest BCUT2D eigenvalue weighted by atomic mass is 9.99. The van der Waals surface area contributed by atoms with Gasteiger partial charge in [0.15, 0.2) is 11.5 Å². The highest BCUT2D eigenvalue weighted by molar-refractivity contribution is 6.04. The number of nitrogens with zero attached hydrogens (tertiary/aromatic N) is 2. The SMILES string of the molecule is CC(=O)Oc1c(-c2ccc(NC(=O)c3ccc4c(c3)OCO4)cc2)c(C(C)C)nn1-c1cccc(C)c1. The van der Waals surface area contributed by atoms with E-state index in [0.29, 0.717) is 28.6 Å². The van der Waals surface area contributed by atoms with Gasteiger partial charge in [-0.3, -0.25) is 9.59 Å². The third-order valence-corrected chi connectivity index (χ3v) is 5.97. The predicted octanol–water partition coefficient (Wildman–Crippen LogP) is 5.88. The zero-order chi connectivity index (χ0) is 26.1. The van der Waals surface area contributed by atoms with Gasteiger partial charge in [-0.05, 0) is 66.4 Å². The van der Waals surface area contributed by atoms with E-state index in [-0.39, 0.29) is 18.6 Å². The number of ether oxygens (including phenoxy) is 3. The molecule has 3 aromatic carbocycles. The number of amides is 1. The summed E-state index contributed by atoms with van der Waals surface area (Å²) in [5.74, 6) is 0.906. The number of rotatable bonds is 6. The van der Waals surface area contributed by atoms with E-state index in [1.54, 1.807) is 22.9 Å². The zero-order valence-electron chi connectivity index (χ0n) is 21.1. The summed E-state index contributed by atoms with van der Waals surface area (Å²) >= 11 is 0. The van der Waals surface area contributed by atoms with Crippen LogP contribution in [0.5, 0.6) is 17.4 Å². The molecule has 0 bridgehead atoms. The third kappa shape index (κ3) is 4.91. The Morgan fingerprint density at radius 1 is 1.00 bits per heavy atom. The van der Waals surface area contributed by atoms with E-state index in [2.05, 4.69) is 5.32 Å². The number of esters is 1. The molecule has 0 saturated carbocycles. The molecule has 8 heteroatoms. The number of hydrogen-bond donors (Lipinski definition) is 1. The zero-order valence-corrected chi connectivity index (χ0v) is 21.1. The molecule has 0 spiro atoms. The largest absolute Gasteiger partial charge is 0.454 e. The van der Waals surface area contributed by atoms with Gasteiger partial charge in [0.2, 0.25) is 12.7 Å². The summed E-state index contributed by atoms with van der Waals surface area (Å²) in [6.07, 6.45) is 0. The average Bonchev–Trinajstić information content (AvgIpc) is 3.48. The molecule has 1 amide bonds. The van der Waals surface area contributed by atoms with Crippen LogP contribution in [-0.2, 0) is 4.79 Å². The summed E-state index contributed by atoms with van der Waals surface area (Å²) in [5.41, 5.74) is 5.31. The lowest BCUT2D eigenvalue weighted by molar-refractivity contribution is -0.132. The maximum atomic E-state index is 12.8. The van der Waals surface area contributed by atoms with Crippen LogP contribution in [0.4, 0.5) is 5.69 Å². The molecule has 1 N–H and O–H groups in total. The molecule has 0 fully saturated rings. The predicted molar refractivity (Wildman–Crippen MR) is 140 cm³/mol. The van der Waals surface area contributed by atoms with Crippen LogP contribution >= 0.6 is 0 Å². The molecule has 2 heterocycles. The molecule has 0 saturated heterocycles. The van der Waals surface area contributed by atoms with Crippen molar-refractivity contribution in [3.05, 3.63) is 83.6 Å². The molecule has 1 aromatic heterocycles. The first-order valence-electron chi connectivity index (χ1n) is 12.0. The second kappa shape index (κ2) is 9.81. The lowest BCUT2D eigenvalue weighted by Gasteiger charge is -2.11. The maximum Gasteiger partial charge on any atom is 0.309 e. The van der Waals surface area contributed by atoms with E-state index in [0.717, 1.165) is 28.1 Å². The first-order valence-corrected chi connectivity index (χ1v) is 12.0. The van der Waals surface area contributed by atoms with Gasteiger partial charge < -0.3 is 19.5 Å². The van der Waals surface area contributed by atoms with Crippen LogP contribution in [0.1, 0.15) is 48.3 Å². The Morgan fingerprint density at radius 3 is 2.46 bits per heavy atom. The number of aryl methyl sites for hydroxylation is 1. The Bertz CT molecular complexity index is 1490. The van der Waals surface area contributed by atoms with E-state index in [4.69, 9.17) is 19.3 Å². The number of hydrogen-bond acceptors (Lipinski definition) is 6. The highest BCUT2D eigenvalue weighted by Gasteiger charge is 2.25. The van der Waals surface area contributed by atoms with E-state index < -0.39 is 5.97 Å². The van der Waals surface area contributed by atoms with E-state index in [1.165, 1.54) is 6.92 Å². The Balaban J connectivity index is 1.49. The van der Waals surface area contributed by atoms with E-state index in [9.17, 15) is 9.59 Å².